The molecular weight excluding hydrogens is 273 g/mol. The van der Waals surface area contributed by atoms with Crippen molar-refractivity contribution in [1.29, 1.82) is 0 Å². The highest BCUT2D eigenvalue weighted by Crippen LogP contribution is 2.49. The number of hydrogen-bond donors (Lipinski definition) is 2. The van der Waals surface area contributed by atoms with Gasteiger partial charge in [-0.3, -0.25) is 4.79 Å². The van der Waals surface area contributed by atoms with Crippen molar-refractivity contribution < 1.29 is 18.0 Å². The zero-order chi connectivity index (χ0) is 15.1. The third-order valence-electron chi connectivity index (χ3n) is 3.21. The first-order chi connectivity index (χ1) is 9.16. The van der Waals surface area contributed by atoms with Crippen molar-refractivity contribution in [3.63, 3.8) is 0 Å². The van der Waals surface area contributed by atoms with Gasteiger partial charge in [-0.15, -0.1) is 0 Å². The number of alkyl halides is 3. The monoisotopic (exact) mass is 288 g/mol. The number of carbonyl (C=O) groups is 1. The van der Waals surface area contributed by atoms with Gasteiger partial charge in [0.05, 0.1) is 11.9 Å². The Morgan fingerprint density at radius 1 is 1.45 bits per heavy atom. The molecule has 1 aliphatic rings. The van der Waals surface area contributed by atoms with Crippen LogP contribution >= 0.6 is 0 Å². The fourth-order valence-electron chi connectivity index (χ4n) is 1.75. The molecule has 1 amide bonds. The number of rotatable bonds is 3. The van der Waals surface area contributed by atoms with E-state index >= 15 is 0 Å². The zero-order valence-electron chi connectivity index (χ0n) is 11.1. The van der Waals surface area contributed by atoms with Crippen molar-refractivity contribution in [3.8, 4) is 0 Å². The summed E-state index contributed by atoms with van der Waals surface area (Å²) in [4.78, 5) is 19.9. The third kappa shape index (κ3) is 2.54. The van der Waals surface area contributed by atoms with Crippen LogP contribution in [0.15, 0.2) is 6.20 Å². The fourth-order valence-corrected chi connectivity index (χ4v) is 1.75. The Morgan fingerprint density at radius 3 is 2.50 bits per heavy atom. The van der Waals surface area contributed by atoms with Crippen LogP contribution in [0.25, 0.3) is 0 Å². The van der Waals surface area contributed by atoms with Crippen LogP contribution in [0.3, 0.4) is 0 Å². The summed E-state index contributed by atoms with van der Waals surface area (Å²) in [5.41, 5.74) is 3.20. The normalized spacial score (nSPS) is 17.1. The number of amides is 1. The highest BCUT2D eigenvalue weighted by atomic mass is 19.4. The SMILES string of the molecule is CC(C)c1ncc(N)c(C(=O)NC2(C(F)(F)F)CC2)n1. The maximum Gasteiger partial charge on any atom is 0.411 e. The van der Waals surface area contributed by atoms with E-state index in [1.54, 1.807) is 0 Å². The average Bonchev–Trinajstić information content (AvgIpc) is 3.09. The maximum absolute atomic E-state index is 12.8. The van der Waals surface area contributed by atoms with Gasteiger partial charge in [-0.25, -0.2) is 9.97 Å². The van der Waals surface area contributed by atoms with Gasteiger partial charge in [-0.1, -0.05) is 13.8 Å². The number of carbonyl (C=O) groups excluding carboxylic acids is 1. The van der Waals surface area contributed by atoms with Gasteiger partial charge < -0.3 is 11.1 Å². The smallest absolute Gasteiger partial charge is 0.396 e. The second-order valence-electron chi connectivity index (χ2n) is 5.22. The van der Waals surface area contributed by atoms with Crippen LogP contribution < -0.4 is 11.1 Å². The van der Waals surface area contributed by atoms with Gasteiger partial charge in [-0.05, 0) is 12.8 Å². The van der Waals surface area contributed by atoms with Gasteiger partial charge in [0.2, 0.25) is 0 Å². The topological polar surface area (TPSA) is 80.9 Å². The molecule has 0 aliphatic heterocycles. The Kier molecular flexibility index (Phi) is 3.35. The molecule has 0 atom stereocenters. The van der Waals surface area contributed by atoms with Crippen LogP contribution in [0.5, 0.6) is 0 Å². The Hall–Kier alpha value is -1.86. The van der Waals surface area contributed by atoms with Crippen molar-refractivity contribution in [3.05, 3.63) is 17.7 Å². The molecule has 1 heterocycles. The highest BCUT2D eigenvalue weighted by molar-refractivity contribution is 5.97. The van der Waals surface area contributed by atoms with E-state index in [-0.39, 0.29) is 30.1 Å². The molecule has 0 radical (unpaired) electrons. The summed E-state index contributed by atoms with van der Waals surface area (Å²) in [5, 5.41) is 2.00. The van der Waals surface area contributed by atoms with Crippen molar-refractivity contribution in [1.82, 2.24) is 15.3 Å². The lowest BCUT2D eigenvalue weighted by Gasteiger charge is -2.20. The van der Waals surface area contributed by atoms with Crippen molar-refractivity contribution >= 4 is 11.6 Å². The Labute approximate surface area is 113 Å². The van der Waals surface area contributed by atoms with Crippen molar-refractivity contribution in [2.24, 2.45) is 0 Å². The quantitative estimate of drug-likeness (QED) is 0.891. The van der Waals surface area contributed by atoms with Crippen LogP contribution in [0.4, 0.5) is 18.9 Å². The molecule has 0 saturated heterocycles. The molecule has 8 heteroatoms. The van der Waals surface area contributed by atoms with E-state index in [2.05, 4.69) is 9.97 Å². The number of nitrogens with two attached hydrogens (primary N) is 1. The molecule has 1 aromatic rings. The summed E-state index contributed by atoms with van der Waals surface area (Å²) < 4.78 is 38.4. The first-order valence-electron chi connectivity index (χ1n) is 6.18. The number of halogens is 3. The number of nitrogen functional groups attached to an aromatic ring is 1. The van der Waals surface area contributed by atoms with Crippen LogP contribution in [0.2, 0.25) is 0 Å². The lowest BCUT2D eigenvalue weighted by Crippen LogP contribution is -2.48. The predicted molar refractivity (Wildman–Crippen MR) is 66.0 cm³/mol. The van der Waals surface area contributed by atoms with Crippen LogP contribution in [-0.2, 0) is 0 Å². The first kappa shape index (κ1) is 14.5. The van der Waals surface area contributed by atoms with Crippen LogP contribution in [-0.4, -0.2) is 27.6 Å². The van der Waals surface area contributed by atoms with Gasteiger partial charge in [0.15, 0.2) is 5.69 Å². The second kappa shape index (κ2) is 4.60. The van der Waals surface area contributed by atoms with Gasteiger partial charge >= 0.3 is 6.18 Å². The average molecular weight is 288 g/mol. The predicted octanol–water partition coefficient (Wildman–Crippen LogP) is 2.01. The summed E-state index contributed by atoms with van der Waals surface area (Å²) in [7, 11) is 0. The Bertz CT molecular complexity index is 538. The minimum absolute atomic E-state index is 0.0372. The highest BCUT2D eigenvalue weighted by Gasteiger charge is 2.64. The molecule has 1 aliphatic carbocycles. The minimum atomic E-state index is -4.47. The number of aromatic nitrogens is 2. The molecule has 110 valence electrons. The molecule has 0 unspecified atom stereocenters. The summed E-state index contributed by atoms with van der Waals surface area (Å²) in [6.07, 6.45) is -3.47. The summed E-state index contributed by atoms with van der Waals surface area (Å²) in [5.74, 6) is -0.609. The Balaban J connectivity index is 2.24. The van der Waals surface area contributed by atoms with Crippen LogP contribution in [0.1, 0.15) is 48.9 Å². The molecule has 5 nitrogen and oxygen atoms in total. The largest absolute Gasteiger partial charge is 0.411 e. The lowest BCUT2D eigenvalue weighted by molar-refractivity contribution is -0.163. The van der Waals surface area contributed by atoms with E-state index in [0.29, 0.717) is 5.82 Å². The first-order valence-corrected chi connectivity index (χ1v) is 6.18. The number of nitrogens with one attached hydrogen (secondary N) is 1. The van der Waals surface area contributed by atoms with Gasteiger partial charge in [-0.2, -0.15) is 13.2 Å². The maximum atomic E-state index is 12.8. The number of nitrogens with zero attached hydrogens (tertiary/aromatic N) is 2. The molecule has 20 heavy (non-hydrogen) atoms. The molecule has 1 aromatic heterocycles. The molecule has 2 rings (SSSR count). The van der Waals surface area contributed by atoms with E-state index in [1.165, 1.54) is 6.20 Å². The van der Waals surface area contributed by atoms with Gasteiger partial charge in [0, 0.05) is 5.92 Å². The number of anilines is 1. The third-order valence-corrected chi connectivity index (χ3v) is 3.21. The van der Waals surface area contributed by atoms with E-state index < -0.39 is 17.6 Å². The molecule has 1 fully saturated rings. The van der Waals surface area contributed by atoms with Crippen molar-refractivity contribution in [2.75, 3.05) is 5.73 Å². The molecule has 1 saturated carbocycles. The Morgan fingerprint density at radius 2 is 2.05 bits per heavy atom. The van der Waals surface area contributed by atoms with Gasteiger partial charge in [0.25, 0.3) is 5.91 Å². The van der Waals surface area contributed by atoms with E-state index in [9.17, 15) is 18.0 Å². The fraction of sp³-hybridized carbons (Fsp3) is 0.583. The zero-order valence-corrected chi connectivity index (χ0v) is 11.1. The molecular formula is C12H15F3N4O. The van der Waals surface area contributed by atoms with Crippen LogP contribution in [0, 0.1) is 0 Å². The summed E-state index contributed by atoms with van der Waals surface area (Å²) in [6, 6.07) is 0. The molecule has 0 spiro atoms. The molecule has 0 aromatic carbocycles. The minimum Gasteiger partial charge on any atom is -0.396 e. The van der Waals surface area contributed by atoms with E-state index in [1.807, 2.05) is 19.2 Å². The summed E-state index contributed by atoms with van der Waals surface area (Å²) in [6.45, 7) is 3.62. The van der Waals surface area contributed by atoms with Gasteiger partial charge in [0.1, 0.15) is 11.4 Å². The second-order valence-corrected chi connectivity index (χ2v) is 5.22. The standard InChI is InChI=1S/C12H15F3N4O/c1-6(2)9-17-5-7(16)8(18-9)10(20)19-11(3-4-11)12(13,14)15/h5-6H,3-4,16H2,1-2H3,(H,19,20). The van der Waals surface area contributed by atoms with E-state index in [4.69, 9.17) is 5.73 Å². The van der Waals surface area contributed by atoms with E-state index in [0.717, 1.165) is 0 Å². The molecule has 0 bridgehead atoms. The lowest BCUT2D eigenvalue weighted by atomic mass is 10.2. The summed E-state index contributed by atoms with van der Waals surface area (Å²) >= 11 is 0. The van der Waals surface area contributed by atoms with Crippen molar-refractivity contribution in [2.45, 2.75) is 44.3 Å². The number of hydrogen-bond acceptors (Lipinski definition) is 4. The molecule has 3 N–H and O–H groups in total.